The summed E-state index contributed by atoms with van der Waals surface area (Å²) >= 11 is 0. The quantitative estimate of drug-likeness (QED) is 0.813. The maximum absolute atomic E-state index is 12.4. The molecule has 1 aliphatic heterocycles. The summed E-state index contributed by atoms with van der Waals surface area (Å²) in [5, 5.41) is 4.38. The van der Waals surface area contributed by atoms with Crippen LogP contribution in [-0.2, 0) is 4.79 Å². The summed E-state index contributed by atoms with van der Waals surface area (Å²) in [5.41, 5.74) is 1.48. The van der Waals surface area contributed by atoms with Crippen LogP contribution >= 0.6 is 0 Å². The molecule has 0 aromatic carbocycles. The van der Waals surface area contributed by atoms with E-state index in [-0.39, 0.29) is 17.9 Å². The highest BCUT2D eigenvalue weighted by Gasteiger charge is 2.25. The third-order valence-electron chi connectivity index (χ3n) is 3.64. The van der Waals surface area contributed by atoms with Crippen LogP contribution in [0.4, 0.5) is 0 Å². The fourth-order valence-corrected chi connectivity index (χ4v) is 2.50. The SMILES string of the molecule is CC(=O)N1CCN(C(=O)c2cc(C)n(C(C)C)n2)CC1. The van der Waals surface area contributed by atoms with Crippen molar-refractivity contribution in [2.24, 2.45) is 0 Å². The second kappa shape index (κ2) is 5.64. The van der Waals surface area contributed by atoms with Gasteiger partial charge in [-0.2, -0.15) is 5.10 Å². The summed E-state index contributed by atoms with van der Waals surface area (Å²) in [4.78, 5) is 27.2. The number of hydrogen-bond donors (Lipinski definition) is 0. The Morgan fingerprint density at radius 1 is 1.15 bits per heavy atom. The molecule has 2 rings (SSSR count). The van der Waals surface area contributed by atoms with Crippen molar-refractivity contribution in [1.29, 1.82) is 0 Å². The van der Waals surface area contributed by atoms with Crippen LogP contribution in [0.3, 0.4) is 0 Å². The molecule has 6 nitrogen and oxygen atoms in total. The van der Waals surface area contributed by atoms with Crippen LogP contribution in [0.25, 0.3) is 0 Å². The lowest BCUT2D eigenvalue weighted by Gasteiger charge is -2.33. The molecule has 1 aromatic rings. The molecule has 0 bridgehead atoms. The lowest BCUT2D eigenvalue weighted by molar-refractivity contribution is -0.130. The Hall–Kier alpha value is -1.85. The molecule has 110 valence electrons. The van der Waals surface area contributed by atoms with Crippen LogP contribution in [0.5, 0.6) is 0 Å². The average Bonchev–Trinajstić information content (AvgIpc) is 2.80. The van der Waals surface area contributed by atoms with E-state index in [1.807, 2.05) is 31.5 Å². The van der Waals surface area contributed by atoms with Crippen molar-refractivity contribution in [2.75, 3.05) is 26.2 Å². The average molecular weight is 278 g/mol. The van der Waals surface area contributed by atoms with Crippen LogP contribution in [-0.4, -0.2) is 57.6 Å². The van der Waals surface area contributed by atoms with Gasteiger partial charge in [0.1, 0.15) is 0 Å². The van der Waals surface area contributed by atoms with Gasteiger partial charge in [-0.15, -0.1) is 0 Å². The topological polar surface area (TPSA) is 58.4 Å². The Bertz CT molecular complexity index is 513. The van der Waals surface area contributed by atoms with Crippen molar-refractivity contribution >= 4 is 11.8 Å². The molecule has 1 fully saturated rings. The Labute approximate surface area is 119 Å². The second-order valence-electron chi connectivity index (χ2n) is 5.51. The number of amides is 2. The number of aryl methyl sites for hydroxylation is 1. The molecule has 6 heteroatoms. The summed E-state index contributed by atoms with van der Waals surface area (Å²) in [7, 11) is 0. The summed E-state index contributed by atoms with van der Waals surface area (Å²) in [6.07, 6.45) is 0. The Morgan fingerprint density at radius 3 is 2.15 bits per heavy atom. The van der Waals surface area contributed by atoms with E-state index >= 15 is 0 Å². The van der Waals surface area contributed by atoms with E-state index in [4.69, 9.17) is 0 Å². The maximum atomic E-state index is 12.4. The van der Waals surface area contributed by atoms with E-state index in [1.165, 1.54) is 0 Å². The summed E-state index contributed by atoms with van der Waals surface area (Å²) < 4.78 is 1.86. The predicted molar refractivity (Wildman–Crippen MR) is 75.5 cm³/mol. The molecule has 1 aliphatic rings. The van der Waals surface area contributed by atoms with Crippen molar-refractivity contribution < 1.29 is 9.59 Å². The minimum atomic E-state index is -0.0456. The molecule has 1 aromatic heterocycles. The van der Waals surface area contributed by atoms with E-state index in [2.05, 4.69) is 5.10 Å². The van der Waals surface area contributed by atoms with Crippen molar-refractivity contribution in [2.45, 2.75) is 33.7 Å². The molecule has 1 saturated heterocycles. The first-order chi connectivity index (χ1) is 9.40. The standard InChI is InChI=1S/C14H22N4O2/c1-10(2)18-11(3)9-13(15-18)14(20)17-7-5-16(6-8-17)12(4)19/h9-10H,5-8H2,1-4H3. The van der Waals surface area contributed by atoms with Crippen LogP contribution in [0.15, 0.2) is 6.07 Å². The zero-order valence-corrected chi connectivity index (χ0v) is 12.6. The van der Waals surface area contributed by atoms with E-state index in [9.17, 15) is 9.59 Å². The van der Waals surface area contributed by atoms with Gasteiger partial charge < -0.3 is 9.80 Å². The number of carbonyl (C=O) groups is 2. The Balaban J connectivity index is 2.05. The first-order valence-corrected chi connectivity index (χ1v) is 7.01. The zero-order chi connectivity index (χ0) is 14.9. The van der Waals surface area contributed by atoms with Gasteiger partial charge >= 0.3 is 0 Å². The molecule has 0 atom stereocenters. The molecule has 0 unspecified atom stereocenters. The second-order valence-corrected chi connectivity index (χ2v) is 5.51. The summed E-state index contributed by atoms with van der Waals surface area (Å²) in [5.74, 6) is 0.0210. The van der Waals surface area contributed by atoms with Gasteiger partial charge in [-0.3, -0.25) is 14.3 Å². The Morgan fingerprint density at radius 2 is 1.70 bits per heavy atom. The highest BCUT2D eigenvalue weighted by molar-refractivity contribution is 5.92. The molecular formula is C14H22N4O2. The molecule has 0 aliphatic carbocycles. The van der Waals surface area contributed by atoms with Crippen molar-refractivity contribution in [3.05, 3.63) is 17.5 Å². The molecule has 0 spiro atoms. The van der Waals surface area contributed by atoms with E-state index in [0.29, 0.717) is 31.9 Å². The number of carbonyl (C=O) groups excluding carboxylic acids is 2. The van der Waals surface area contributed by atoms with Gasteiger partial charge in [0.2, 0.25) is 5.91 Å². The fourth-order valence-electron chi connectivity index (χ4n) is 2.50. The number of rotatable bonds is 2. The largest absolute Gasteiger partial charge is 0.339 e. The number of hydrogen-bond acceptors (Lipinski definition) is 3. The Kier molecular flexibility index (Phi) is 4.11. The predicted octanol–water partition coefficient (Wildman–Crippen LogP) is 1.08. The van der Waals surface area contributed by atoms with E-state index in [1.54, 1.807) is 16.7 Å². The smallest absolute Gasteiger partial charge is 0.274 e. The van der Waals surface area contributed by atoms with Crippen LogP contribution in [0, 0.1) is 6.92 Å². The van der Waals surface area contributed by atoms with Gasteiger partial charge in [0.15, 0.2) is 5.69 Å². The van der Waals surface area contributed by atoms with Gasteiger partial charge in [0.05, 0.1) is 0 Å². The van der Waals surface area contributed by atoms with Crippen LogP contribution < -0.4 is 0 Å². The molecular weight excluding hydrogens is 256 g/mol. The normalized spacial score (nSPS) is 15.8. The van der Waals surface area contributed by atoms with E-state index in [0.717, 1.165) is 5.69 Å². The number of piperazine rings is 1. The first-order valence-electron chi connectivity index (χ1n) is 7.01. The maximum Gasteiger partial charge on any atom is 0.274 e. The summed E-state index contributed by atoms with van der Waals surface area (Å²) in [6, 6.07) is 2.07. The van der Waals surface area contributed by atoms with Gasteiger partial charge in [0, 0.05) is 44.8 Å². The van der Waals surface area contributed by atoms with Crippen molar-refractivity contribution in [1.82, 2.24) is 19.6 Å². The van der Waals surface area contributed by atoms with Crippen LogP contribution in [0.2, 0.25) is 0 Å². The molecule has 0 radical (unpaired) electrons. The van der Waals surface area contributed by atoms with Crippen molar-refractivity contribution in [3.8, 4) is 0 Å². The first kappa shape index (κ1) is 14.6. The fraction of sp³-hybridized carbons (Fsp3) is 0.643. The van der Waals surface area contributed by atoms with Crippen LogP contribution in [0.1, 0.15) is 43.0 Å². The molecule has 0 saturated carbocycles. The zero-order valence-electron chi connectivity index (χ0n) is 12.6. The highest BCUT2D eigenvalue weighted by Crippen LogP contribution is 2.13. The lowest BCUT2D eigenvalue weighted by atomic mass is 10.2. The number of aromatic nitrogens is 2. The molecule has 0 N–H and O–H groups in total. The highest BCUT2D eigenvalue weighted by atomic mass is 16.2. The monoisotopic (exact) mass is 278 g/mol. The van der Waals surface area contributed by atoms with E-state index < -0.39 is 0 Å². The van der Waals surface area contributed by atoms with Crippen molar-refractivity contribution in [3.63, 3.8) is 0 Å². The van der Waals surface area contributed by atoms with Gasteiger partial charge in [-0.05, 0) is 26.8 Å². The number of nitrogens with zero attached hydrogens (tertiary/aromatic N) is 4. The molecule has 2 heterocycles. The molecule has 20 heavy (non-hydrogen) atoms. The third-order valence-corrected chi connectivity index (χ3v) is 3.64. The van der Waals surface area contributed by atoms with Gasteiger partial charge in [-0.1, -0.05) is 0 Å². The minimum absolute atomic E-state index is 0.0456. The van der Waals surface area contributed by atoms with Gasteiger partial charge in [0.25, 0.3) is 5.91 Å². The van der Waals surface area contributed by atoms with Gasteiger partial charge in [-0.25, -0.2) is 0 Å². The molecule has 2 amide bonds. The minimum Gasteiger partial charge on any atom is -0.339 e. The lowest BCUT2D eigenvalue weighted by Crippen LogP contribution is -2.50. The summed E-state index contributed by atoms with van der Waals surface area (Å²) in [6.45, 7) is 9.95. The third kappa shape index (κ3) is 2.84.